The van der Waals surface area contributed by atoms with E-state index in [1.165, 1.54) is 0 Å². The first-order chi connectivity index (χ1) is 11.9. The quantitative estimate of drug-likeness (QED) is 0.904. The molecule has 2 amide bonds. The van der Waals surface area contributed by atoms with Crippen LogP contribution in [-0.2, 0) is 4.74 Å². The van der Waals surface area contributed by atoms with Crippen LogP contribution < -0.4 is 10.2 Å². The van der Waals surface area contributed by atoms with E-state index in [0.717, 1.165) is 11.4 Å². The van der Waals surface area contributed by atoms with Crippen LogP contribution in [0.1, 0.15) is 23.3 Å². The maximum absolute atomic E-state index is 12.5. The highest BCUT2D eigenvalue weighted by Crippen LogP contribution is 2.22. The normalized spacial score (nSPS) is 17.4. The van der Waals surface area contributed by atoms with E-state index in [0.29, 0.717) is 31.4 Å². The molecule has 2 aromatic rings. The number of urea groups is 1. The van der Waals surface area contributed by atoms with Gasteiger partial charge in [0, 0.05) is 26.8 Å². The Morgan fingerprint density at radius 3 is 2.84 bits per heavy atom. The Kier molecular flexibility index (Phi) is 4.84. The topological polar surface area (TPSA) is 96.6 Å². The summed E-state index contributed by atoms with van der Waals surface area (Å²) < 4.78 is 11.2. The summed E-state index contributed by atoms with van der Waals surface area (Å²) in [6.45, 7) is 4.96. The zero-order valence-corrected chi connectivity index (χ0v) is 14.8. The SMILES string of the molecule is Cc1nc(NC(=O)N2CCO[C@H](c3ccnc(N(C)C)n3)C2)oc1C. The third-order valence-corrected chi connectivity index (χ3v) is 3.99. The summed E-state index contributed by atoms with van der Waals surface area (Å²) in [5, 5.41) is 2.69. The number of aryl methyl sites for hydroxylation is 2. The molecule has 0 unspecified atom stereocenters. The van der Waals surface area contributed by atoms with Gasteiger partial charge in [-0.1, -0.05) is 0 Å². The Morgan fingerprint density at radius 2 is 2.16 bits per heavy atom. The fraction of sp³-hybridized carbons (Fsp3) is 0.500. The molecule has 0 saturated carbocycles. The standard InChI is InChI=1S/C16H22N6O3/c1-10-11(2)25-15(18-10)20-16(23)22-7-8-24-13(9-22)12-5-6-17-14(19-12)21(3)4/h5-6,13H,7-9H2,1-4H3,(H,18,20,23)/t13-/m0/s1. The van der Waals surface area contributed by atoms with Crippen molar-refractivity contribution >= 4 is 18.0 Å². The van der Waals surface area contributed by atoms with Gasteiger partial charge >= 0.3 is 12.0 Å². The molecule has 2 aromatic heterocycles. The first kappa shape index (κ1) is 17.2. The summed E-state index contributed by atoms with van der Waals surface area (Å²) in [4.78, 5) is 28.8. The molecule has 0 bridgehead atoms. The number of rotatable bonds is 3. The highest BCUT2D eigenvalue weighted by atomic mass is 16.5. The lowest BCUT2D eigenvalue weighted by Crippen LogP contribution is -2.44. The third-order valence-electron chi connectivity index (χ3n) is 3.99. The van der Waals surface area contributed by atoms with Crippen molar-refractivity contribution in [3.05, 3.63) is 29.4 Å². The lowest BCUT2D eigenvalue weighted by Gasteiger charge is -2.32. The molecule has 25 heavy (non-hydrogen) atoms. The number of amides is 2. The van der Waals surface area contributed by atoms with Gasteiger partial charge in [-0.05, 0) is 19.9 Å². The second kappa shape index (κ2) is 7.06. The van der Waals surface area contributed by atoms with E-state index in [-0.39, 0.29) is 18.1 Å². The van der Waals surface area contributed by atoms with Crippen LogP contribution in [0.2, 0.25) is 0 Å². The van der Waals surface area contributed by atoms with Crippen molar-refractivity contribution in [1.82, 2.24) is 19.9 Å². The van der Waals surface area contributed by atoms with Crippen molar-refractivity contribution in [2.24, 2.45) is 0 Å². The summed E-state index contributed by atoms with van der Waals surface area (Å²) in [7, 11) is 3.75. The Hall–Kier alpha value is -2.68. The molecule has 0 aromatic carbocycles. The van der Waals surface area contributed by atoms with Crippen LogP contribution >= 0.6 is 0 Å². The Labute approximate surface area is 146 Å². The maximum Gasteiger partial charge on any atom is 0.325 e. The van der Waals surface area contributed by atoms with Crippen LogP contribution in [-0.4, -0.2) is 59.7 Å². The Morgan fingerprint density at radius 1 is 1.36 bits per heavy atom. The van der Waals surface area contributed by atoms with Crippen molar-refractivity contribution in [2.75, 3.05) is 44.0 Å². The molecule has 0 radical (unpaired) electrons. The Bertz CT molecular complexity index is 741. The highest BCUT2D eigenvalue weighted by molar-refractivity contribution is 5.87. The third kappa shape index (κ3) is 3.87. The number of hydrogen-bond acceptors (Lipinski definition) is 7. The van der Waals surface area contributed by atoms with Crippen LogP contribution in [0.5, 0.6) is 0 Å². The van der Waals surface area contributed by atoms with E-state index in [9.17, 15) is 4.79 Å². The molecule has 1 aliphatic rings. The van der Waals surface area contributed by atoms with Crippen molar-refractivity contribution in [3.8, 4) is 0 Å². The first-order valence-electron chi connectivity index (χ1n) is 8.06. The van der Waals surface area contributed by atoms with E-state index in [2.05, 4.69) is 20.3 Å². The van der Waals surface area contributed by atoms with E-state index in [4.69, 9.17) is 9.15 Å². The van der Waals surface area contributed by atoms with E-state index < -0.39 is 0 Å². The number of anilines is 2. The zero-order valence-electron chi connectivity index (χ0n) is 14.8. The molecule has 3 rings (SSSR count). The fourth-order valence-corrected chi connectivity index (χ4v) is 2.47. The number of nitrogens with one attached hydrogen (secondary N) is 1. The zero-order chi connectivity index (χ0) is 18.0. The molecule has 0 aliphatic carbocycles. The molecule has 1 atom stereocenters. The van der Waals surface area contributed by atoms with E-state index in [1.54, 1.807) is 24.1 Å². The highest BCUT2D eigenvalue weighted by Gasteiger charge is 2.27. The van der Waals surface area contributed by atoms with Gasteiger partial charge in [0.15, 0.2) is 0 Å². The number of ether oxygens (including phenoxy) is 1. The second-order valence-electron chi connectivity index (χ2n) is 6.07. The number of morpholine rings is 1. The molecule has 3 heterocycles. The fourth-order valence-electron chi connectivity index (χ4n) is 2.47. The smallest absolute Gasteiger partial charge is 0.325 e. The number of nitrogens with zero attached hydrogens (tertiary/aromatic N) is 5. The lowest BCUT2D eigenvalue weighted by molar-refractivity contribution is -0.0158. The van der Waals surface area contributed by atoms with Crippen LogP contribution in [0.25, 0.3) is 0 Å². The minimum atomic E-state index is -0.297. The van der Waals surface area contributed by atoms with Crippen molar-refractivity contribution < 1.29 is 13.9 Å². The first-order valence-corrected chi connectivity index (χ1v) is 8.06. The molecule has 0 spiro atoms. The average molecular weight is 346 g/mol. The molecular formula is C16H22N6O3. The molecule has 1 aliphatic heterocycles. The van der Waals surface area contributed by atoms with Crippen molar-refractivity contribution in [1.29, 1.82) is 0 Å². The minimum absolute atomic E-state index is 0.208. The number of oxazole rings is 1. The van der Waals surface area contributed by atoms with Crippen molar-refractivity contribution in [3.63, 3.8) is 0 Å². The minimum Gasteiger partial charge on any atom is -0.428 e. The second-order valence-corrected chi connectivity index (χ2v) is 6.07. The van der Waals surface area contributed by atoms with Crippen LogP contribution in [0.3, 0.4) is 0 Å². The maximum atomic E-state index is 12.5. The van der Waals surface area contributed by atoms with Gasteiger partial charge < -0.3 is 19.0 Å². The average Bonchev–Trinajstić information content (AvgIpc) is 2.92. The summed E-state index contributed by atoms with van der Waals surface area (Å²) in [5.41, 5.74) is 1.51. The largest absolute Gasteiger partial charge is 0.428 e. The number of carbonyl (C=O) groups excluding carboxylic acids is 1. The van der Waals surface area contributed by atoms with Crippen LogP contribution in [0.15, 0.2) is 16.7 Å². The number of carbonyl (C=O) groups is 1. The molecular weight excluding hydrogens is 324 g/mol. The van der Waals surface area contributed by atoms with Gasteiger partial charge in [-0.25, -0.2) is 14.8 Å². The number of hydrogen-bond donors (Lipinski definition) is 1. The van der Waals surface area contributed by atoms with Gasteiger partial charge in [0.25, 0.3) is 0 Å². The molecule has 9 heteroatoms. The van der Waals surface area contributed by atoms with Gasteiger partial charge in [0.1, 0.15) is 11.9 Å². The van der Waals surface area contributed by atoms with Gasteiger partial charge in [0.2, 0.25) is 5.95 Å². The summed E-state index contributed by atoms with van der Waals surface area (Å²) >= 11 is 0. The van der Waals surface area contributed by atoms with Gasteiger partial charge in [-0.15, -0.1) is 0 Å². The van der Waals surface area contributed by atoms with Gasteiger partial charge in [-0.2, -0.15) is 4.98 Å². The lowest BCUT2D eigenvalue weighted by atomic mass is 10.2. The summed E-state index contributed by atoms with van der Waals surface area (Å²) in [5.74, 6) is 1.29. The van der Waals surface area contributed by atoms with Gasteiger partial charge in [0.05, 0.1) is 24.5 Å². The molecule has 134 valence electrons. The predicted octanol–water partition coefficient (Wildman–Crippen LogP) is 1.75. The number of aromatic nitrogens is 3. The van der Waals surface area contributed by atoms with Crippen molar-refractivity contribution in [2.45, 2.75) is 20.0 Å². The summed E-state index contributed by atoms with van der Waals surface area (Å²) in [6.07, 6.45) is 1.40. The monoisotopic (exact) mass is 346 g/mol. The Balaban J connectivity index is 1.68. The molecule has 1 fully saturated rings. The van der Waals surface area contributed by atoms with Crippen LogP contribution in [0, 0.1) is 13.8 Å². The van der Waals surface area contributed by atoms with E-state index in [1.807, 2.05) is 25.9 Å². The molecule has 1 N–H and O–H groups in total. The van der Waals surface area contributed by atoms with Gasteiger partial charge in [-0.3, -0.25) is 5.32 Å². The van der Waals surface area contributed by atoms with E-state index >= 15 is 0 Å². The molecule has 9 nitrogen and oxygen atoms in total. The molecule has 1 saturated heterocycles. The summed E-state index contributed by atoms with van der Waals surface area (Å²) in [6, 6.07) is 1.75. The van der Waals surface area contributed by atoms with Crippen LogP contribution in [0.4, 0.5) is 16.8 Å². The predicted molar refractivity (Wildman–Crippen MR) is 91.6 cm³/mol.